The van der Waals surface area contributed by atoms with Crippen molar-refractivity contribution < 1.29 is 29.0 Å². The average molecular weight is 525 g/mol. The van der Waals surface area contributed by atoms with Crippen molar-refractivity contribution in [3.8, 4) is 11.5 Å². The summed E-state index contributed by atoms with van der Waals surface area (Å²) in [6.45, 7) is 8.46. The van der Waals surface area contributed by atoms with Crippen LogP contribution in [-0.4, -0.2) is 54.1 Å². The molecular formula is C30H40N2O6. The van der Waals surface area contributed by atoms with Gasteiger partial charge in [-0.25, -0.2) is 4.79 Å². The number of aliphatic carboxylic acids is 1. The van der Waals surface area contributed by atoms with Gasteiger partial charge in [0.25, 0.3) is 0 Å². The number of carbonyl (C=O) groups is 3. The molecule has 1 aliphatic carbocycles. The van der Waals surface area contributed by atoms with Gasteiger partial charge in [0.05, 0.1) is 24.7 Å². The largest absolute Gasteiger partial charge is 0.493 e. The highest BCUT2D eigenvalue weighted by Crippen LogP contribution is 2.45. The smallest absolute Gasteiger partial charge is 0.317 e. The number of nitrogens with one attached hydrogen (secondary N) is 1. The number of aryl methyl sites for hydroxylation is 1. The number of nitrogens with zero attached hydrogens (tertiary/aromatic N) is 1. The second-order valence-corrected chi connectivity index (χ2v) is 9.87. The van der Waals surface area contributed by atoms with Gasteiger partial charge in [0, 0.05) is 13.1 Å². The zero-order chi connectivity index (χ0) is 27.7. The highest BCUT2D eigenvalue weighted by Gasteiger charge is 2.50. The molecule has 0 aromatic heterocycles. The van der Waals surface area contributed by atoms with Crippen LogP contribution in [0.5, 0.6) is 11.5 Å². The third kappa shape index (κ3) is 7.27. The molecule has 8 heteroatoms. The lowest BCUT2D eigenvalue weighted by Gasteiger charge is -2.31. The Morgan fingerprint density at radius 2 is 1.63 bits per heavy atom. The number of hydrogen-bond donors (Lipinski definition) is 2. The van der Waals surface area contributed by atoms with Crippen LogP contribution in [0.1, 0.15) is 80.9 Å². The van der Waals surface area contributed by atoms with Gasteiger partial charge in [0.15, 0.2) is 5.78 Å². The molecule has 1 fully saturated rings. The Labute approximate surface area is 225 Å². The molecule has 206 valence electrons. The maximum absolute atomic E-state index is 13.4. The molecule has 3 rings (SSSR count). The first-order valence-electron chi connectivity index (χ1n) is 13.5. The Bertz CT molecular complexity index is 1090. The first kappa shape index (κ1) is 29.0. The molecule has 0 radical (unpaired) electrons. The van der Waals surface area contributed by atoms with E-state index in [1.165, 1.54) is 12.5 Å². The third-order valence-corrected chi connectivity index (χ3v) is 7.09. The molecule has 2 amide bonds. The van der Waals surface area contributed by atoms with Crippen LogP contribution in [0.25, 0.3) is 0 Å². The molecule has 1 saturated carbocycles. The Hall–Kier alpha value is -3.55. The van der Waals surface area contributed by atoms with Gasteiger partial charge < -0.3 is 24.8 Å². The molecule has 1 aliphatic rings. The number of amides is 2. The summed E-state index contributed by atoms with van der Waals surface area (Å²) < 4.78 is 11.6. The summed E-state index contributed by atoms with van der Waals surface area (Å²) in [5.74, 6) is -0.169. The minimum absolute atomic E-state index is 0.103. The number of carboxylic acids is 1. The van der Waals surface area contributed by atoms with Crippen LogP contribution in [0.3, 0.4) is 0 Å². The number of ketones is 1. The Morgan fingerprint density at radius 3 is 2.13 bits per heavy atom. The fourth-order valence-electron chi connectivity index (χ4n) is 4.61. The third-order valence-electron chi connectivity index (χ3n) is 7.09. The molecular weight excluding hydrogens is 484 g/mol. The fourth-order valence-corrected chi connectivity index (χ4v) is 4.61. The van der Waals surface area contributed by atoms with Gasteiger partial charge in [-0.05, 0) is 83.1 Å². The van der Waals surface area contributed by atoms with Crippen molar-refractivity contribution in [2.45, 2.75) is 65.8 Å². The van der Waals surface area contributed by atoms with Crippen LogP contribution < -0.4 is 14.8 Å². The number of unbranched alkanes of at least 4 members (excludes halogenated alkanes) is 1. The molecule has 38 heavy (non-hydrogen) atoms. The van der Waals surface area contributed by atoms with E-state index in [-0.39, 0.29) is 24.4 Å². The van der Waals surface area contributed by atoms with Gasteiger partial charge in [0.1, 0.15) is 17.1 Å². The molecule has 0 saturated heterocycles. The summed E-state index contributed by atoms with van der Waals surface area (Å²) in [5.41, 5.74) is 1.56. The van der Waals surface area contributed by atoms with Gasteiger partial charge in [-0.3, -0.25) is 9.59 Å². The quantitative estimate of drug-likeness (QED) is 0.231. The van der Waals surface area contributed by atoms with E-state index in [1.54, 1.807) is 17.0 Å². The standard InChI is InChI=1S/C30H40N2O6/c1-5-37-25-18-24(19-26(38-6-2)27(25)22(4)33)21(3)32(17-11-10-14-23-12-8-7-9-13-23)29(36)31-20-30(15-16-30)28(34)35/h7-9,12-13,18-19,21H,5-6,10-11,14-17,20H2,1-4H3,(H,31,36)(H,34,35)/t21-/m1/s1. The lowest BCUT2D eigenvalue weighted by Crippen LogP contribution is -2.45. The number of ether oxygens (including phenoxy) is 2. The van der Waals surface area contributed by atoms with Crippen molar-refractivity contribution in [3.63, 3.8) is 0 Å². The predicted molar refractivity (Wildman–Crippen MR) is 146 cm³/mol. The van der Waals surface area contributed by atoms with Crippen molar-refractivity contribution in [2.24, 2.45) is 5.41 Å². The molecule has 2 N–H and O–H groups in total. The summed E-state index contributed by atoms with van der Waals surface area (Å²) in [4.78, 5) is 39.2. The van der Waals surface area contributed by atoms with E-state index in [2.05, 4.69) is 17.4 Å². The minimum Gasteiger partial charge on any atom is -0.493 e. The van der Waals surface area contributed by atoms with Gasteiger partial charge in [-0.15, -0.1) is 0 Å². The topological polar surface area (TPSA) is 105 Å². The van der Waals surface area contributed by atoms with Crippen molar-refractivity contribution in [2.75, 3.05) is 26.3 Å². The number of hydrogen-bond acceptors (Lipinski definition) is 5. The number of carboxylic acid groups (broad SMARTS) is 1. The van der Waals surface area contributed by atoms with Crippen LogP contribution in [0.4, 0.5) is 4.79 Å². The number of rotatable bonds is 15. The fraction of sp³-hybridized carbons (Fsp3) is 0.500. The molecule has 0 heterocycles. The van der Waals surface area contributed by atoms with Gasteiger partial charge in [-0.2, -0.15) is 0 Å². The van der Waals surface area contributed by atoms with E-state index in [9.17, 15) is 19.5 Å². The van der Waals surface area contributed by atoms with Crippen LogP contribution >= 0.6 is 0 Å². The molecule has 2 aromatic rings. The molecule has 8 nitrogen and oxygen atoms in total. The summed E-state index contributed by atoms with van der Waals surface area (Å²) in [6, 6.07) is 13.1. The van der Waals surface area contributed by atoms with Crippen LogP contribution in [0.2, 0.25) is 0 Å². The zero-order valence-electron chi connectivity index (χ0n) is 22.9. The van der Waals surface area contributed by atoms with Gasteiger partial charge in [0.2, 0.25) is 0 Å². The van der Waals surface area contributed by atoms with Gasteiger partial charge in [-0.1, -0.05) is 30.3 Å². The van der Waals surface area contributed by atoms with Crippen molar-refractivity contribution in [1.82, 2.24) is 10.2 Å². The van der Waals surface area contributed by atoms with Crippen molar-refractivity contribution in [1.29, 1.82) is 0 Å². The SMILES string of the molecule is CCOc1cc([C@@H](C)N(CCCCc2ccccc2)C(=O)NCC2(C(=O)O)CC2)cc(OCC)c1C(C)=O. The molecule has 1 atom stereocenters. The first-order chi connectivity index (χ1) is 18.2. The highest BCUT2D eigenvalue weighted by atomic mass is 16.5. The maximum atomic E-state index is 13.4. The van der Waals surface area contributed by atoms with Crippen molar-refractivity contribution >= 4 is 17.8 Å². The number of urea groups is 1. The van der Waals surface area contributed by atoms with E-state index in [0.717, 1.165) is 24.8 Å². The summed E-state index contributed by atoms with van der Waals surface area (Å²) in [6.07, 6.45) is 3.72. The van der Waals surface area contributed by atoms with Crippen molar-refractivity contribution in [3.05, 3.63) is 59.2 Å². The highest BCUT2D eigenvalue weighted by molar-refractivity contribution is 5.99. The van der Waals surface area contributed by atoms with E-state index in [1.807, 2.05) is 39.0 Å². The van der Waals surface area contributed by atoms with Crippen LogP contribution in [-0.2, 0) is 11.2 Å². The Morgan fingerprint density at radius 1 is 1.03 bits per heavy atom. The lowest BCUT2D eigenvalue weighted by molar-refractivity contribution is -0.143. The van der Waals surface area contributed by atoms with E-state index in [0.29, 0.717) is 49.7 Å². The molecule has 0 unspecified atom stereocenters. The Balaban J connectivity index is 1.83. The Kier molecular flexibility index (Phi) is 10.2. The maximum Gasteiger partial charge on any atom is 0.317 e. The lowest BCUT2D eigenvalue weighted by atomic mass is 10.00. The average Bonchev–Trinajstić information content (AvgIpc) is 3.69. The van der Waals surface area contributed by atoms with E-state index in [4.69, 9.17) is 9.47 Å². The number of carbonyl (C=O) groups excluding carboxylic acids is 2. The first-order valence-corrected chi connectivity index (χ1v) is 13.5. The van der Waals surface area contributed by atoms with Crippen LogP contribution in [0, 0.1) is 5.41 Å². The van der Waals surface area contributed by atoms with E-state index >= 15 is 0 Å². The minimum atomic E-state index is -0.872. The molecule has 0 bridgehead atoms. The summed E-state index contributed by atoms with van der Waals surface area (Å²) in [5, 5.41) is 12.4. The molecule has 0 aliphatic heterocycles. The monoisotopic (exact) mass is 524 g/mol. The second-order valence-electron chi connectivity index (χ2n) is 9.87. The van der Waals surface area contributed by atoms with E-state index < -0.39 is 11.4 Å². The predicted octanol–water partition coefficient (Wildman–Crippen LogP) is 5.65. The number of Topliss-reactive ketones (excluding diaryl/α,β-unsaturated/α-hetero) is 1. The molecule has 0 spiro atoms. The summed E-state index contributed by atoms with van der Waals surface area (Å²) in [7, 11) is 0. The van der Waals surface area contributed by atoms with Gasteiger partial charge >= 0.3 is 12.0 Å². The normalized spacial score (nSPS) is 14.3. The number of benzene rings is 2. The summed E-state index contributed by atoms with van der Waals surface area (Å²) >= 11 is 0. The zero-order valence-corrected chi connectivity index (χ0v) is 22.9. The second kappa shape index (κ2) is 13.3. The molecule has 2 aromatic carbocycles. The van der Waals surface area contributed by atoms with Crippen LogP contribution in [0.15, 0.2) is 42.5 Å².